The lowest BCUT2D eigenvalue weighted by molar-refractivity contribution is -0.124. The topological polar surface area (TPSA) is 58.4 Å². The van der Waals surface area contributed by atoms with Gasteiger partial charge < -0.3 is 11.1 Å². The standard InChI is InChI=1S/C13H25N3OS/c1-13(2,3)15-12(17)9-16(8-11(14)18)10-6-4-5-7-10/h10H,4-9H2,1-3H3,(H2,14,18)(H,15,17). The predicted octanol–water partition coefficient (Wildman–Crippen LogP) is 1.43. The van der Waals surface area contributed by atoms with Gasteiger partial charge in [-0.15, -0.1) is 0 Å². The zero-order valence-corrected chi connectivity index (χ0v) is 12.5. The van der Waals surface area contributed by atoms with Crippen molar-refractivity contribution in [3.8, 4) is 0 Å². The van der Waals surface area contributed by atoms with Crippen LogP contribution in [0.4, 0.5) is 0 Å². The average molecular weight is 271 g/mol. The summed E-state index contributed by atoms with van der Waals surface area (Å²) in [6.07, 6.45) is 4.76. The lowest BCUT2D eigenvalue weighted by Crippen LogP contribution is -2.49. The van der Waals surface area contributed by atoms with Crippen molar-refractivity contribution in [2.75, 3.05) is 13.1 Å². The summed E-state index contributed by atoms with van der Waals surface area (Å²) >= 11 is 4.97. The predicted molar refractivity (Wildman–Crippen MR) is 78.5 cm³/mol. The second-order valence-electron chi connectivity index (χ2n) is 6.11. The fourth-order valence-corrected chi connectivity index (χ4v) is 2.59. The Morgan fingerprint density at radius 2 is 1.89 bits per heavy atom. The maximum Gasteiger partial charge on any atom is 0.234 e. The van der Waals surface area contributed by atoms with Gasteiger partial charge in [-0.25, -0.2) is 0 Å². The van der Waals surface area contributed by atoms with Gasteiger partial charge in [0.15, 0.2) is 0 Å². The van der Waals surface area contributed by atoms with Gasteiger partial charge in [0.2, 0.25) is 5.91 Å². The van der Waals surface area contributed by atoms with E-state index in [1.807, 2.05) is 20.8 Å². The molecule has 0 saturated heterocycles. The molecule has 0 bridgehead atoms. The summed E-state index contributed by atoms with van der Waals surface area (Å²) in [6.45, 7) is 6.88. The maximum absolute atomic E-state index is 12.0. The van der Waals surface area contributed by atoms with Crippen LogP contribution in [0.15, 0.2) is 0 Å². The van der Waals surface area contributed by atoms with Crippen molar-refractivity contribution in [3.63, 3.8) is 0 Å². The van der Waals surface area contributed by atoms with Gasteiger partial charge in [-0.3, -0.25) is 9.69 Å². The van der Waals surface area contributed by atoms with Crippen LogP contribution in [0.2, 0.25) is 0 Å². The van der Waals surface area contributed by atoms with Gasteiger partial charge in [-0.2, -0.15) is 0 Å². The molecule has 0 atom stereocenters. The number of thiocarbonyl (C=S) groups is 1. The van der Waals surface area contributed by atoms with Crippen molar-refractivity contribution < 1.29 is 4.79 Å². The lowest BCUT2D eigenvalue weighted by Gasteiger charge is -2.29. The van der Waals surface area contributed by atoms with Gasteiger partial charge >= 0.3 is 0 Å². The third-order valence-corrected chi connectivity index (χ3v) is 3.19. The summed E-state index contributed by atoms with van der Waals surface area (Å²) < 4.78 is 0. The van der Waals surface area contributed by atoms with E-state index in [9.17, 15) is 4.79 Å². The Morgan fingerprint density at radius 1 is 1.33 bits per heavy atom. The molecular formula is C13H25N3OS. The normalized spacial score (nSPS) is 17.1. The SMILES string of the molecule is CC(C)(C)NC(=O)CN(CC(N)=S)C1CCCC1. The van der Waals surface area contributed by atoms with Crippen LogP contribution in [0.3, 0.4) is 0 Å². The second kappa shape index (κ2) is 6.48. The van der Waals surface area contributed by atoms with Crippen LogP contribution in [-0.4, -0.2) is 40.5 Å². The van der Waals surface area contributed by atoms with E-state index in [1.54, 1.807) is 0 Å². The van der Waals surface area contributed by atoms with E-state index in [-0.39, 0.29) is 11.4 Å². The molecule has 5 heteroatoms. The molecule has 1 rings (SSSR count). The van der Waals surface area contributed by atoms with Crippen molar-refractivity contribution in [2.24, 2.45) is 5.73 Å². The first kappa shape index (κ1) is 15.4. The smallest absolute Gasteiger partial charge is 0.234 e. The van der Waals surface area contributed by atoms with E-state index in [4.69, 9.17) is 18.0 Å². The van der Waals surface area contributed by atoms with E-state index < -0.39 is 0 Å². The number of carbonyl (C=O) groups excluding carboxylic acids is 1. The molecule has 0 aromatic carbocycles. The summed E-state index contributed by atoms with van der Waals surface area (Å²) in [5.41, 5.74) is 5.43. The van der Waals surface area contributed by atoms with Crippen molar-refractivity contribution in [3.05, 3.63) is 0 Å². The highest BCUT2D eigenvalue weighted by atomic mass is 32.1. The van der Waals surface area contributed by atoms with Crippen molar-refractivity contribution in [1.82, 2.24) is 10.2 Å². The highest BCUT2D eigenvalue weighted by Gasteiger charge is 2.25. The summed E-state index contributed by atoms with van der Waals surface area (Å²) in [5, 5.41) is 2.98. The van der Waals surface area contributed by atoms with Crippen LogP contribution in [-0.2, 0) is 4.79 Å². The third kappa shape index (κ3) is 5.78. The first-order valence-electron chi connectivity index (χ1n) is 6.61. The number of nitrogens with two attached hydrogens (primary N) is 1. The zero-order valence-electron chi connectivity index (χ0n) is 11.7. The zero-order chi connectivity index (χ0) is 13.8. The Morgan fingerprint density at radius 3 is 2.33 bits per heavy atom. The summed E-state index contributed by atoms with van der Waals surface area (Å²) in [4.78, 5) is 14.6. The second-order valence-corrected chi connectivity index (χ2v) is 6.63. The van der Waals surface area contributed by atoms with Gasteiger partial charge in [0, 0.05) is 18.1 Å². The van der Waals surface area contributed by atoms with Crippen LogP contribution in [0.25, 0.3) is 0 Å². The highest BCUT2D eigenvalue weighted by molar-refractivity contribution is 7.80. The molecule has 4 nitrogen and oxygen atoms in total. The number of hydrogen-bond acceptors (Lipinski definition) is 3. The molecule has 0 aromatic rings. The first-order valence-corrected chi connectivity index (χ1v) is 7.02. The Hall–Kier alpha value is -0.680. The molecule has 0 aliphatic heterocycles. The number of hydrogen-bond donors (Lipinski definition) is 2. The Kier molecular flexibility index (Phi) is 5.53. The number of nitrogens with zero attached hydrogens (tertiary/aromatic N) is 1. The molecule has 0 radical (unpaired) electrons. The highest BCUT2D eigenvalue weighted by Crippen LogP contribution is 2.23. The summed E-state index contributed by atoms with van der Waals surface area (Å²) in [6, 6.07) is 0.456. The van der Waals surface area contributed by atoms with Crippen LogP contribution in [0.5, 0.6) is 0 Å². The van der Waals surface area contributed by atoms with Crippen LogP contribution in [0, 0.1) is 0 Å². The molecule has 1 aliphatic rings. The van der Waals surface area contributed by atoms with Gasteiger partial charge in [0.25, 0.3) is 0 Å². The van der Waals surface area contributed by atoms with Crippen LogP contribution < -0.4 is 11.1 Å². The quantitative estimate of drug-likeness (QED) is 0.743. The molecule has 1 amide bonds. The molecule has 1 aliphatic carbocycles. The number of nitrogens with one attached hydrogen (secondary N) is 1. The number of carbonyl (C=O) groups is 1. The lowest BCUT2D eigenvalue weighted by atomic mass is 10.1. The van der Waals surface area contributed by atoms with Crippen molar-refractivity contribution in [2.45, 2.75) is 58.0 Å². The molecule has 0 heterocycles. The van der Waals surface area contributed by atoms with Gasteiger partial charge in [0.05, 0.1) is 11.5 Å². The largest absolute Gasteiger partial charge is 0.392 e. The molecule has 104 valence electrons. The minimum Gasteiger partial charge on any atom is -0.392 e. The molecule has 3 N–H and O–H groups in total. The first-order chi connectivity index (χ1) is 8.28. The van der Waals surface area contributed by atoms with E-state index >= 15 is 0 Å². The molecule has 0 aromatic heterocycles. The molecular weight excluding hydrogens is 246 g/mol. The van der Waals surface area contributed by atoms with Gasteiger partial charge in [0.1, 0.15) is 0 Å². The van der Waals surface area contributed by atoms with Gasteiger partial charge in [-0.1, -0.05) is 25.1 Å². The van der Waals surface area contributed by atoms with E-state index in [2.05, 4.69) is 10.2 Å². The molecule has 18 heavy (non-hydrogen) atoms. The van der Waals surface area contributed by atoms with E-state index in [0.29, 0.717) is 24.1 Å². The molecule has 1 fully saturated rings. The van der Waals surface area contributed by atoms with E-state index in [0.717, 1.165) is 12.8 Å². The van der Waals surface area contributed by atoms with Crippen molar-refractivity contribution in [1.29, 1.82) is 0 Å². The molecule has 0 spiro atoms. The average Bonchev–Trinajstić information content (AvgIpc) is 2.64. The van der Waals surface area contributed by atoms with Crippen LogP contribution in [0.1, 0.15) is 46.5 Å². The Labute approximate surface area is 115 Å². The summed E-state index contributed by atoms with van der Waals surface area (Å²) in [5.74, 6) is 0.0469. The van der Waals surface area contributed by atoms with E-state index in [1.165, 1.54) is 12.8 Å². The number of amides is 1. The Bertz CT molecular complexity index is 306. The minimum atomic E-state index is -0.193. The third-order valence-electron chi connectivity index (χ3n) is 3.06. The van der Waals surface area contributed by atoms with Crippen molar-refractivity contribution >= 4 is 23.1 Å². The minimum absolute atomic E-state index is 0.0469. The number of rotatable bonds is 5. The molecule has 1 saturated carbocycles. The fraction of sp³-hybridized carbons (Fsp3) is 0.846. The molecule has 0 unspecified atom stereocenters. The Balaban J connectivity index is 2.54. The summed E-state index contributed by atoms with van der Waals surface area (Å²) in [7, 11) is 0. The van der Waals surface area contributed by atoms with Crippen LogP contribution >= 0.6 is 12.2 Å². The monoisotopic (exact) mass is 271 g/mol. The van der Waals surface area contributed by atoms with Gasteiger partial charge in [-0.05, 0) is 33.6 Å². The maximum atomic E-state index is 12.0. The fourth-order valence-electron chi connectivity index (χ4n) is 2.43.